The van der Waals surface area contributed by atoms with E-state index in [4.69, 9.17) is 16.3 Å². The van der Waals surface area contributed by atoms with Crippen LogP contribution in [0, 0.1) is 5.82 Å². The molecule has 5 rings (SSSR count). The predicted molar refractivity (Wildman–Crippen MR) is 141 cm³/mol. The molecule has 2 atom stereocenters. The van der Waals surface area contributed by atoms with E-state index in [9.17, 15) is 14.3 Å². The summed E-state index contributed by atoms with van der Waals surface area (Å²) in [5.74, 6) is -5.37. The van der Waals surface area contributed by atoms with E-state index in [0.29, 0.717) is 27.6 Å². The van der Waals surface area contributed by atoms with Crippen molar-refractivity contribution in [2.75, 3.05) is 19.6 Å². The van der Waals surface area contributed by atoms with Crippen LogP contribution in [-0.2, 0) is 10.7 Å². The minimum atomic E-state index is -3.91. The SMILES string of the molecule is O=C(NC(CN1CCCC1)C(O)c1ccc(OC2CC2)c(Cl)c1)C(F)(F)c1ccc(-c2ccc(F)cc2)nc1. The molecule has 2 N–H and O–H groups in total. The Hall–Kier alpha value is -3.14. The molecule has 2 unspecified atom stereocenters. The molecule has 39 heavy (non-hydrogen) atoms. The molecular formula is C29H29ClF3N3O3. The van der Waals surface area contributed by atoms with E-state index < -0.39 is 35.4 Å². The summed E-state index contributed by atoms with van der Waals surface area (Å²) in [4.78, 5) is 19.0. The highest BCUT2D eigenvalue weighted by molar-refractivity contribution is 6.32. The van der Waals surface area contributed by atoms with Crippen molar-refractivity contribution < 1.29 is 27.8 Å². The fourth-order valence-corrected chi connectivity index (χ4v) is 4.86. The number of nitrogens with zero attached hydrogens (tertiary/aromatic N) is 2. The molecule has 0 spiro atoms. The van der Waals surface area contributed by atoms with Gasteiger partial charge in [-0.05, 0) is 92.9 Å². The van der Waals surface area contributed by atoms with Crippen LogP contribution in [0.2, 0.25) is 5.02 Å². The molecule has 1 aliphatic carbocycles. The van der Waals surface area contributed by atoms with Crippen molar-refractivity contribution in [3.63, 3.8) is 0 Å². The fourth-order valence-electron chi connectivity index (χ4n) is 4.62. The van der Waals surface area contributed by atoms with Crippen molar-refractivity contribution in [2.24, 2.45) is 0 Å². The van der Waals surface area contributed by atoms with Crippen molar-refractivity contribution in [3.8, 4) is 17.0 Å². The second-order valence-corrected chi connectivity index (χ2v) is 10.5. The van der Waals surface area contributed by atoms with Gasteiger partial charge in [0.15, 0.2) is 0 Å². The van der Waals surface area contributed by atoms with Crippen LogP contribution in [-0.4, -0.2) is 52.7 Å². The normalized spacial score (nSPS) is 17.6. The number of halogens is 4. The average molecular weight is 560 g/mol. The van der Waals surface area contributed by atoms with Gasteiger partial charge in [0.1, 0.15) is 17.7 Å². The summed E-state index contributed by atoms with van der Waals surface area (Å²) in [7, 11) is 0. The number of rotatable bonds is 10. The van der Waals surface area contributed by atoms with Crippen LogP contribution in [0.3, 0.4) is 0 Å². The zero-order valence-electron chi connectivity index (χ0n) is 21.1. The number of aliphatic hydroxyl groups is 1. The highest BCUT2D eigenvalue weighted by atomic mass is 35.5. The minimum absolute atomic E-state index is 0.141. The number of ether oxygens (including phenoxy) is 1. The third kappa shape index (κ3) is 6.54. The second kappa shape index (κ2) is 11.5. The van der Waals surface area contributed by atoms with Gasteiger partial charge in [0.25, 0.3) is 5.91 Å². The van der Waals surface area contributed by atoms with Gasteiger partial charge in [-0.25, -0.2) is 4.39 Å². The number of pyridine rings is 1. The molecule has 1 amide bonds. The molecule has 2 heterocycles. The number of benzene rings is 2. The Morgan fingerprint density at radius 2 is 1.85 bits per heavy atom. The number of amides is 1. The Kier molecular flexibility index (Phi) is 8.11. The molecule has 1 aromatic heterocycles. The number of aliphatic hydroxyl groups excluding tert-OH is 1. The summed E-state index contributed by atoms with van der Waals surface area (Å²) in [5, 5.41) is 13.9. The van der Waals surface area contributed by atoms with Crippen molar-refractivity contribution in [1.82, 2.24) is 15.2 Å². The summed E-state index contributed by atoms with van der Waals surface area (Å²) >= 11 is 6.36. The number of alkyl halides is 2. The Morgan fingerprint density at radius 3 is 2.46 bits per heavy atom. The molecular weight excluding hydrogens is 531 g/mol. The Bertz CT molecular complexity index is 1300. The Balaban J connectivity index is 1.33. The molecule has 1 saturated carbocycles. The van der Waals surface area contributed by atoms with Gasteiger partial charge in [-0.1, -0.05) is 17.7 Å². The monoisotopic (exact) mass is 559 g/mol. The van der Waals surface area contributed by atoms with Crippen LogP contribution in [0.25, 0.3) is 11.3 Å². The highest BCUT2D eigenvalue weighted by Crippen LogP contribution is 2.35. The Morgan fingerprint density at radius 1 is 1.13 bits per heavy atom. The van der Waals surface area contributed by atoms with Gasteiger partial charge in [0, 0.05) is 23.9 Å². The van der Waals surface area contributed by atoms with E-state index in [1.807, 2.05) is 4.90 Å². The van der Waals surface area contributed by atoms with Gasteiger partial charge < -0.3 is 20.1 Å². The molecule has 6 nitrogen and oxygen atoms in total. The first kappa shape index (κ1) is 27.4. The number of likely N-dealkylation sites (tertiary alicyclic amines) is 1. The van der Waals surface area contributed by atoms with Gasteiger partial charge >= 0.3 is 5.92 Å². The topological polar surface area (TPSA) is 74.7 Å². The average Bonchev–Trinajstić information content (AvgIpc) is 3.61. The maximum absolute atomic E-state index is 15.3. The number of hydrogen-bond donors (Lipinski definition) is 2. The standard InChI is InChI=1S/C29H29ClF3N3O3/c30-23-15-19(5-12-26(23)39-22-9-10-22)27(37)25(17-36-13-1-2-14-36)35-28(38)29(32,33)20-6-11-24(34-16-20)18-3-7-21(31)8-4-18/h3-8,11-12,15-16,22,25,27,37H,1-2,9-10,13-14,17H2,(H,35,38). The molecule has 0 bridgehead atoms. The first-order valence-electron chi connectivity index (χ1n) is 13.0. The van der Waals surface area contributed by atoms with E-state index in [1.165, 1.54) is 30.3 Å². The van der Waals surface area contributed by atoms with E-state index in [2.05, 4.69) is 10.3 Å². The van der Waals surface area contributed by atoms with Crippen molar-refractivity contribution in [3.05, 3.63) is 82.8 Å². The zero-order chi connectivity index (χ0) is 27.6. The summed E-state index contributed by atoms with van der Waals surface area (Å²) in [6.07, 6.45) is 3.63. The molecule has 1 aliphatic heterocycles. The summed E-state index contributed by atoms with van der Waals surface area (Å²) in [6, 6.07) is 11.8. The smallest absolute Gasteiger partial charge is 0.351 e. The van der Waals surface area contributed by atoms with Crippen molar-refractivity contribution in [1.29, 1.82) is 0 Å². The van der Waals surface area contributed by atoms with Gasteiger partial charge in [-0.15, -0.1) is 0 Å². The van der Waals surface area contributed by atoms with Crippen LogP contribution in [0.15, 0.2) is 60.8 Å². The second-order valence-electron chi connectivity index (χ2n) is 10.1. The van der Waals surface area contributed by atoms with E-state index in [-0.39, 0.29) is 12.6 Å². The van der Waals surface area contributed by atoms with Crippen LogP contribution < -0.4 is 10.1 Å². The summed E-state index contributed by atoms with van der Waals surface area (Å²) in [6.45, 7) is 1.70. The van der Waals surface area contributed by atoms with E-state index in [1.54, 1.807) is 18.2 Å². The number of aromatic nitrogens is 1. The molecule has 1 saturated heterocycles. The lowest BCUT2D eigenvalue weighted by atomic mass is 10.00. The lowest BCUT2D eigenvalue weighted by molar-refractivity contribution is -0.149. The van der Waals surface area contributed by atoms with Crippen molar-refractivity contribution in [2.45, 2.75) is 49.9 Å². The summed E-state index contributed by atoms with van der Waals surface area (Å²) < 4.78 is 49.5. The third-order valence-corrected chi connectivity index (χ3v) is 7.31. The summed E-state index contributed by atoms with van der Waals surface area (Å²) in [5.41, 5.74) is 0.714. The van der Waals surface area contributed by atoms with Gasteiger partial charge in [-0.3, -0.25) is 9.78 Å². The largest absolute Gasteiger partial charge is 0.489 e. The van der Waals surface area contributed by atoms with E-state index >= 15 is 8.78 Å². The predicted octanol–water partition coefficient (Wildman–Crippen LogP) is 5.49. The minimum Gasteiger partial charge on any atom is -0.489 e. The van der Waals surface area contributed by atoms with Crippen LogP contribution in [0.5, 0.6) is 5.75 Å². The quantitative estimate of drug-likeness (QED) is 0.344. The Labute approximate surface area is 229 Å². The molecule has 2 aliphatic rings. The molecule has 206 valence electrons. The third-order valence-electron chi connectivity index (χ3n) is 7.02. The van der Waals surface area contributed by atoms with Gasteiger partial charge in [-0.2, -0.15) is 8.78 Å². The molecule has 0 radical (unpaired) electrons. The number of carbonyl (C=O) groups excluding carboxylic acids is 1. The number of carbonyl (C=O) groups is 1. The first-order valence-corrected chi connectivity index (χ1v) is 13.4. The molecule has 2 fully saturated rings. The maximum atomic E-state index is 15.3. The first-order chi connectivity index (χ1) is 18.7. The maximum Gasteiger partial charge on any atom is 0.351 e. The molecule has 10 heteroatoms. The highest BCUT2D eigenvalue weighted by Gasteiger charge is 2.43. The van der Waals surface area contributed by atoms with Crippen LogP contribution in [0.1, 0.15) is 42.9 Å². The zero-order valence-corrected chi connectivity index (χ0v) is 21.9. The lowest BCUT2D eigenvalue weighted by Gasteiger charge is -2.30. The molecule has 3 aromatic rings. The number of nitrogens with one attached hydrogen (secondary N) is 1. The fraction of sp³-hybridized carbons (Fsp3) is 0.379. The lowest BCUT2D eigenvalue weighted by Crippen LogP contribution is -2.51. The number of hydrogen-bond acceptors (Lipinski definition) is 5. The van der Waals surface area contributed by atoms with Crippen LogP contribution in [0.4, 0.5) is 13.2 Å². The van der Waals surface area contributed by atoms with Crippen LogP contribution >= 0.6 is 11.6 Å². The van der Waals surface area contributed by atoms with Gasteiger partial charge in [0.2, 0.25) is 0 Å². The molecule has 2 aromatic carbocycles. The van der Waals surface area contributed by atoms with Gasteiger partial charge in [0.05, 0.1) is 22.9 Å². The van der Waals surface area contributed by atoms with Crippen molar-refractivity contribution >= 4 is 17.5 Å². The van der Waals surface area contributed by atoms with E-state index in [0.717, 1.165) is 51.0 Å².